The highest BCUT2D eigenvalue weighted by Gasteiger charge is 2.72. The van der Waals surface area contributed by atoms with Gasteiger partial charge in [-0.2, -0.15) is 0 Å². The van der Waals surface area contributed by atoms with E-state index in [1.165, 1.54) is 61.3 Å². The largest absolute Gasteiger partial charge is 0.314 e. The fourth-order valence-electron chi connectivity index (χ4n) is 14.2. The molecule has 302 valence electrons. The zero-order chi connectivity index (χ0) is 40.9. The van der Waals surface area contributed by atoms with Gasteiger partial charge in [0, 0.05) is 28.9 Å². The van der Waals surface area contributed by atoms with E-state index in [-0.39, 0.29) is 33.0 Å². The molecule has 1 saturated carbocycles. The van der Waals surface area contributed by atoms with Gasteiger partial charge >= 0.3 is 0 Å². The summed E-state index contributed by atoms with van der Waals surface area (Å²) in [5.41, 5.74) is 13.0. The van der Waals surface area contributed by atoms with Crippen LogP contribution in [0.5, 0.6) is 0 Å². The van der Waals surface area contributed by atoms with Crippen molar-refractivity contribution >= 4 is 40.4 Å². The van der Waals surface area contributed by atoms with Gasteiger partial charge in [0.05, 0.1) is 10.6 Å². The summed E-state index contributed by atoms with van der Waals surface area (Å²) in [7, 11) is 0. The molecule has 0 spiro atoms. The van der Waals surface area contributed by atoms with E-state index in [4.69, 9.17) is 4.98 Å². The first kappa shape index (κ1) is 37.8. The van der Waals surface area contributed by atoms with Crippen molar-refractivity contribution in [3.8, 4) is 0 Å². The van der Waals surface area contributed by atoms with Crippen LogP contribution in [-0.4, -0.2) is 4.98 Å². The third-order valence-corrected chi connectivity index (χ3v) is 19.5. The SMILES string of the molecule is CC1CC=CC=C1c1nc2c(s1)C=CC1C=Cc3cc(N(C4=CCC5(C)C6C=CC=CC6(C)C(C)(C)C5(C)C4)c4ccc5c(c4)C(C)(C)C4C=CCC(C)C54)ccc3C21. The number of hydrogen-bond acceptors (Lipinski definition) is 3. The highest BCUT2D eigenvalue weighted by Crippen LogP contribution is 2.78. The summed E-state index contributed by atoms with van der Waals surface area (Å²) >= 11 is 1.88. The van der Waals surface area contributed by atoms with Crippen LogP contribution in [0.1, 0.15) is 138 Å². The van der Waals surface area contributed by atoms with Crippen molar-refractivity contribution in [3.05, 3.63) is 153 Å². The summed E-state index contributed by atoms with van der Waals surface area (Å²) in [6, 6.07) is 15.0. The maximum atomic E-state index is 5.46. The molecule has 59 heavy (non-hydrogen) atoms. The number of benzene rings is 2. The lowest BCUT2D eigenvalue weighted by Crippen LogP contribution is -2.47. The van der Waals surface area contributed by atoms with Gasteiger partial charge in [-0.15, -0.1) is 11.3 Å². The Morgan fingerprint density at radius 3 is 2.39 bits per heavy atom. The van der Waals surface area contributed by atoms with Crippen LogP contribution in [-0.2, 0) is 5.41 Å². The van der Waals surface area contributed by atoms with Crippen LogP contribution in [0.15, 0.2) is 115 Å². The number of fused-ring (bicyclic) bond motifs is 11. The molecule has 0 aliphatic heterocycles. The van der Waals surface area contributed by atoms with Gasteiger partial charge in [0.2, 0.25) is 0 Å². The molecule has 3 heteroatoms. The summed E-state index contributed by atoms with van der Waals surface area (Å²) < 4.78 is 0. The molecule has 3 aromatic rings. The maximum absolute atomic E-state index is 5.46. The number of anilines is 2. The second kappa shape index (κ2) is 12.7. The van der Waals surface area contributed by atoms with E-state index in [1.807, 2.05) is 11.3 Å². The number of rotatable bonds is 4. The highest BCUT2D eigenvalue weighted by atomic mass is 32.1. The number of hydrogen-bond donors (Lipinski definition) is 0. The van der Waals surface area contributed by atoms with Crippen LogP contribution in [0.25, 0.3) is 17.7 Å². The lowest BCUT2D eigenvalue weighted by molar-refractivity contribution is -0.0108. The predicted octanol–water partition coefficient (Wildman–Crippen LogP) is 15.1. The number of allylic oxidation sites excluding steroid dienone is 14. The van der Waals surface area contributed by atoms with Crippen LogP contribution in [0.3, 0.4) is 0 Å². The third-order valence-electron chi connectivity index (χ3n) is 18.5. The summed E-state index contributed by atoms with van der Waals surface area (Å²) in [6.07, 6.45) is 38.1. The van der Waals surface area contributed by atoms with Crippen LogP contribution < -0.4 is 4.90 Å². The molecule has 8 aliphatic carbocycles. The summed E-state index contributed by atoms with van der Waals surface area (Å²) in [5, 5.41) is 1.19. The molecule has 0 saturated heterocycles. The molecule has 8 aliphatic rings. The van der Waals surface area contributed by atoms with E-state index in [0.29, 0.717) is 35.5 Å². The molecule has 10 unspecified atom stereocenters. The number of aromatic nitrogens is 1. The fourth-order valence-corrected chi connectivity index (χ4v) is 15.4. The van der Waals surface area contributed by atoms with Gasteiger partial charge in [-0.1, -0.05) is 153 Å². The summed E-state index contributed by atoms with van der Waals surface area (Å²) in [6.45, 7) is 22.8. The van der Waals surface area contributed by atoms with Gasteiger partial charge < -0.3 is 4.90 Å². The lowest BCUT2D eigenvalue weighted by atomic mass is 9.51. The fraction of sp³-hybridized carbons (Fsp3) is 0.446. The Kier molecular flexibility index (Phi) is 8.11. The van der Waals surface area contributed by atoms with E-state index in [2.05, 4.69) is 189 Å². The van der Waals surface area contributed by atoms with Gasteiger partial charge in [-0.05, 0) is 141 Å². The molecule has 0 N–H and O–H groups in total. The van der Waals surface area contributed by atoms with Gasteiger partial charge in [0.15, 0.2) is 0 Å². The van der Waals surface area contributed by atoms with E-state index in [1.54, 1.807) is 5.56 Å². The lowest BCUT2D eigenvalue weighted by Gasteiger charge is -2.54. The minimum atomic E-state index is 0.0709. The molecule has 1 heterocycles. The van der Waals surface area contributed by atoms with Gasteiger partial charge in [0.25, 0.3) is 0 Å². The van der Waals surface area contributed by atoms with E-state index in [0.717, 1.165) is 19.3 Å². The third kappa shape index (κ3) is 4.95. The molecule has 0 radical (unpaired) electrons. The normalized spacial score (nSPS) is 37.1. The average Bonchev–Trinajstić information content (AvgIpc) is 3.79. The Balaban J connectivity index is 1.04. The van der Waals surface area contributed by atoms with E-state index < -0.39 is 0 Å². The molecule has 10 atom stereocenters. The Labute approximate surface area is 358 Å². The molecule has 1 aromatic heterocycles. The first-order valence-electron chi connectivity index (χ1n) is 22.7. The van der Waals surface area contributed by atoms with Crippen molar-refractivity contribution in [1.29, 1.82) is 0 Å². The molecule has 0 amide bonds. The average molecular weight is 795 g/mol. The van der Waals surface area contributed by atoms with Crippen LogP contribution in [0.2, 0.25) is 0 Å². The van der Waals surface area contributed by atoms with E-state index in [9.17, 15) is 0 Å². The Morgan fingerprint density at radius 1 is 0.797 bits per heavy atom. The minimum Gasteiger partial charge on any atom is -0.314 e. The molecule has 1 fully saturated rings. The smallest absolute Gasteiger partial charge is 0.120 e. The second-order valence-corrected chi connectivity index (χ2v) is 22.5. The zero-order valence-electron chi connectivity index (χ0n) is 36.7. The predicted molar refractivity (Wildman–Crippen MR) is 251 cm³/mol. The monoisotopic (exact) mass is 794 g/mol. The highest BCUT2D eigenvalue weighted by molar-refractivity contribution is 7.13. The first-order valence-corrected chi connectivity index (χ1v) is 23.5. The van der Waals surface area contributed by atoms with Crippen molar-refractivity contribution in [3.63, 3.8) is 0 Å². The minimum absolute atomic E-state index is 0.0709. The Morgan fingerprint density at radius 2 is 1.58 bits per heavy atom. The molecule has 2 aromatic carbocycles. The van der Waals surface area contributed by atoms with Crippen molar-refractivity contribution in [1.82, 2.24) is 4.98 Å². The topological polar surface area (TPSA) is 16.1 Å². The molecule has 0 bridgehead atoms. The van der Waals surface area contributed by atoms with Crippen LogP contribution >= 0.6 is 11.3 Å². The Bertz CT molecular complexity index is 2540. The Hall–Kier alpha value is -4.21. The summed E-state index contributed by atoms with van der Waals surface area (Å²) in [5.74, 6) is 3.33. The van der Waals surface area contributed by atoms with Crippen molar-refractivity contribution < 1.29 is 0 Å². The van der Waals surface area contributed by atoms with E-state index >= 15 is 0 Å². The molecular formula is C56H62N2S. The summed E-state index contributed by atoms with van der Waals surface area (Å²) in [4.78, 5) is 9.47. The standard InChI is InChI=1S/C56H62N2S/c1-34-15-10-11-17-41(34)51-57-50-46(59-51)27-22-36-20-21-37-31-38(23-25-42(37)49(36)50)58(39-24-26-43-45(32-39)52(3,4)44-18-14-16-35(2)48(43)44)40-28-30-55(8)47-19-12-13-29-54(47,7)53(5,6)56(55,9)33-40/h10-14,17-29,31-32,34-36,44,47-49H,15-16,30,33H2,1-9H3. The van der Waals surface area contributed by atoms with Gasteiger partial charge in [-0.3, -0.25) is 0 Å². The first-order chi connectivity index (χ1) is 28.2. The maximum Gasteiger partial charge on any atom is 0.120 e. The molecular weight excluding hydrogens is 733 g/mol. The molecule has 11 rings (SSSR count). The van der Waals surface area contributed by atoms with Crippen LogP contribution in [0.4, 0.5) is 11.4 Å². The van der Waals surface area contributed by atoms with Gasteiger partial charge in [-0.25, -0.2) is 4.98 Å². The zero-order valence-corrected chi connectivity index (χ0v) is 37.5. The number of nitrogens with zero attached hydrogens (tertiary/aromatic N) is 2. The van der Waals surface area contributed by atoms with Crippen molar-refractivity contribution in [2.45, 2.75) is 105 Å². The quantitative estimate of drug-likeness (QED) is 0.245. The second-order valence-electron chi connectivity index (χ2n) is 21.5. The number of thiazole rings is 1. The van der Waals surface area contributed by atoms with Crippen molar-refractivity contribution in [2.24, 2.45) is 51.2 Å². The molecule has 2 nitrogen and oxygen atoms in total. The van der Waals surface area contributed by atoms with Gasteiger partial charge in [0.1, 0.15) is 5.01 Å². The van der Waals surface area contributed by atoms with Crippen LogP contribution in [0, 0.1) is 51.2 Å². The van der Waals surface area contributed by atoms with Crippen molar-refractivity contribution in [2.75, 3.05) is 4.90 Å².